The molecule has 106 valence electrons. The van der Waals surface area contributed by atoms with Gasteiger partial charge in [0.05, 0.1) is 13.2 Å². The van der Waals surface area contributed by atoms with Crippen molar-refractivity contribution in [2.24, 2.45) is 0 Å². The van der Waals surface area contributed by atoms with Crippen molar-refractivity contribution in [3.8, 4) is 0 Å². The number of hydrogen-bond acceptors (Lipinski definition) is 3. The molecule has 5 nitrogen and oxygen atoms in total. The van der Waals surface area contributed by atoms with Crippen LogP contribution < -0.4 is 0 Å². The van der Waals surface area contributed by atoms with Crippen LogP contribution in [-0.4, -0.2) is 47.7 Å². The van der Waals surface area contributed by atoms with Gasteiger partial charge in [0, 0.05) is 18.2 Å². The summed E-state index contributed by atoms with van der Waals surface area (Å²) < 4.78 is 18.4. The van der Waals surface area contributed by atoms with Gasteiger partial charge >= 0.3 is 5.97 Å². The zero-order valence-electron chi connectivity index (χ0n) is 10.7. The second-order valence-electron chi connectivity index (χ2n) is 4.32. The van der Waals surface area contributed by atoms with Gasteiger partial charge in [-0.1, -0.05) is 18.2 Å². The van der Waals surface area contributed by atoms with E-state index in [4.69, 9.17) is 9.84 Å². The minimum absolute atomic E-state index is 0.0331. The van der Waals surface area contributed by atoms with Crippen molar-refractivity contribution in [3.63, 3.8) is 0 Å². The van der Waals surface area contributed by atoms with Crippen LogP contribution >= 0.6 is 0 Å². The van der Waals surface area contributed by atoms with Crippen LogP contribution in [0.4, 0.5) is 4.39 Å². The van der Waals surface area contributed by atoms with Crippen molar-refractivity contribution in [2.45, 2.75) is 6.04 Å². The number of rotatable bonds is 3. The van der Waals surface area contributed by atoms with Gasteiger partial charge in [-0.15, -0.1) is 0 Å². The van der Waals surface area contributed by atoms with Gasteiger partial charge in [-0.05, 0) is 12.1 Å². The van der Waals surface area contributed by atoms with Crippen LogP contribution in [0.25, 0.3) is 6.08 Å². The molecule has 0 radical (unpaired) electrons. The van der Waals surface area contributed by atoms with Gasteiger partial charge in [0.2, 0.25) is 5.91 Å². The van der Waals surface area contributed by atoms with Crippen LogP contribution in [0.2, 0.25) is 0 Å². The summed E-state index contributed by atoms with van der Waals surface area (Å²) >= 11 is 0. The number of benzene rings is 1. The van der Waals surface area contributed by atoms with E-state index in [1.165, 1.54) is 29.2 Å². The molecule has 0 saturated carbocycles. The maximum Gasteiger partial charge on any atom is 0.328 e. The third-order valence-corrected chi connectivity index (χ3v) is 3.01. The van der Waals surface area contributed by atoms with Crippen molar-refractivity contribution in [1.82, 2.24) is 4.90 Å². The van der Waals surface area contributed by atoms with Crippen LogP contribution in [0.3, 0.4) is 0 Å². The van der Waals surface area contributed by atoms with Crippen molar-refractivity contribution < 1.29 is 23.8 Å². The summed E-state index contributed by atoms with van der Waals surface area (Å²) in [5, 5.41) is 9.03. The van der Waals surface area contributed by atoms with Gasteiger partial charge in [0.1, 0.15) is 5.82 Å². The highest BCUT2D eigenvalue weighted by Crippen LogP contribution is 2.11. The number of amides is 1. The molecule has 0 aliphatic carbocycles. The number of hydrogen-bond donors (Lipinski definition) is 1. The minimum Gasteiger partial charge on any atom is -0.480 e. The fraction of sp³-hybridized carbons (Fsp3) is 0.286. The second-order valence-corrected chi connectivity index (χ2v) is 4.32. The number of carboxylic acid groups (broad SMARTS) is 1. The maximum absolute atomic E-state index is 13.4. The lowest BCUT2D eigenvalue weighted by Gasteiger charge is -2.31. The minimum atomic E-state index is -1.11. The summed E-state index contributed by atoms with van der Waals surface area (Å²) in [6.07, 6.45) is 2.52. The molecule has 1 aromatic rings. The molecule has 1 amide bonds. The van der Waals surface area contributed by atoms with Crippen molar-refractivity contribution in [2.75, 3.05) is 19.8 Å². The molecule has 1 heterocycles. The van der Waals surface area contributed by atoms with Gasteiger partial charge in [-0.25, -0.2) is 9.18 Å². The number of carbonyl (C=O) groups excluding carboxylic acids is 1. The average Bonchev–Trinajstić information content (AvgIpc) is 2.46. The Hall–Kier alpha value is -2.21. The van der Waals surface area contributed by atoms with E-state index in [0.717, 1.165) is 0 Å². The van der Waals surface area contributed by atoms with Crippen LogP contribution in [-0.2, 0) is 14.3 Å². The van der Waals surface area contributed by atoms with E-state index in [1.807, 2.05) is 0 Å². The van der Waals surface area contributed by atoms with E-state index in [1.54, 1.807) is 12.1 Å². The lowest BCUT2D eigenvalue weighted by Crippen LogP contribution is -2.52. The largest absolute Gasteiger partial charge is 0.480 e. The molecule has 1 aromatic carbocycles. The molecule has 1 aliphatic rings. The number of nitrogens with zero attached hydrogens (tertiary/aromatic N) is 1. The first-order valence-electron chi connectivity index (χ1n) is 6.13. The first-order valence-corrected chi connectivity index (χ1v) is 6.13. The third kappa shape index (κ3) is 3.21. The van der Waals surface area contributed by atoms with Crippen molar-refractivity contribution in [1.29, 1.82) is 0 Å². The Balaban J connectivity index is 2.10. The molecule has 20 heavy (non-hydrogen) atoms. The lowest BCUT2D eigenvalue weighted by molar-refractivity contribution is -0.156. The molecular formula is C14H14FNO4. The zero-order chi connectivity index (χ0) is 14.5. The molecule has 0 aromatic heterocycles. The first kappa shape index (κ1) is 14.2. The number of carbonyl (C=O) groups is 2. The molecule has 0 bridgehead atoms. The monoisotopic (exact) mass is 279 g/mol. The second kappa shape index (κ2) is 6.29. The molecule has 1 N–H and O–H groups in total. The normalized spacial score (nSPS) is 19.2. The topological polar surface area (TPSA) is 66.8 Å². The Labute approximate surface area is 115 Å². The average molecular weight is 279 g/mol. The number of ether oxygens (including phenoxy) is 1. The Morgan fingerprint density at radius 3 is 2.85 bits per heavy atom. The quantitative estimate of drug-likeness (QED) is 0.843. The van der Waals surface area contributed by atoms with E-state index in [-0.39, 0.29) is 18.7 Å². The highest BCUT2D eigenvalue weighted by atomic mass is 19.1. The van der Waals surface area contributed by atoms with Gasteiger partial charge in [0.25, 0.3) is 0 Å². The molecule has 1 fully saturated rings. The summed E-state index contributed by atoms with van der Waals surface area (Å²) in [6.45, 7) is 0.467. The molecule has 0 unspecified atom stereocenters. The molecule has 6 heteroatoms. The molecule has 1 aliphatic heterocycles. The van der Waals surface area contributed by atoms with Gasteiger partial charge in [0.15, 0.2) is 6.04 Å². The van der Waals surface area contributed by atoms with Crippen molar-refractivity contribution >= 4 is 18.0 Å². The number of carboxylic acids is 1. The summed E-state index contributed by atoms with van der Waals surface area (Å²) in [7, 11) is 0. The summed E-state index contributed by atoms with van der Waals surface area (Å²) in [5.74, 6) is -2.02. The molecule has 1 atom stereocenters. The molecule has 0 spiro atoms. The standard InChI is InChI=1S/C14H14FNO4/c15-11-4-2-1-3-10(11)5-6-13(17)16-7-8-20-9-12(16)14(18)19/h1-6,12H,7-9H2,(H,18,19)/b6-5-/t12-/m0/s1. The summed E-state index contributed by atoms with van der Waals surface area (Å²) in [6, 6.07) is 5.03. The molecule has 1 saturated heterocycles. The van der Waals surface area contributed by atoms with Gasteiger partial charge < -0.3 is 14.7 Å². The number of halogens is 1. The Morgan fingerprint density at radius 1 is 1.40 bits per heavy atom. The number of morpholine rings is 1. The Morgan fingerprint density at radius 2 is 2.15 bits per heavy atom. The summed E-state index contributed by atoms with van der Waals surface area (Å²) in [4.78, 5) is 24.2. The Kier molecular flexibility index (Phi) is 4.47. The first-order chi connectivity index (χ1) is 9.59. The van der Waals surface area contributed by atoms with Gasteiger partial charge in [-0.2, -0.15) is 0 Å². The van der Waals surface area contributed by atoms with E-state index in [0.29, 0.717) is 6.61 Å². The fourth-order valence-electron chi connectivity index (χ4n) is 1.94. The van der Waals surface area contributed by atoms with Crippen LogP contribution in [0, 0.1) is 5.82 Å². The van der Waals surface area contributed by atoms with E-state index >= 15 is 0 Å². The molecular weight excluding hydrogens is 265 g/mol. The summed E-state index contributed by atoms with van der Waals surface area (Å²) in [5.41, 5.74) is 0.279. The predicted octanol–water partition coefficient (Wildman–Crippen LogP) is 1.15. The third-order valence-electron chi connectivity index (χ3n) is 3.01. The maximum atomic E-state index is 13.4. The highest BCUT2D eigenvalue weighted by Gasteiger charge is 2.31. The van der Waals surface area contributed by atoms with Crippen LogP contribution in [0.15, 0.2) is 30.3 Å². The molecule has 2 rings (SSSR count). The van der Waals surface area contributed by atoms with E-state index < -0.39 is 23.7 Å². The van der Waals surface area contributed by atoms with Crippen LogP contribution in [0.5, 0.6) is 0 Å². The zero-order valence-corrected chi connectivity index (χ0v) is 10.7. The SMILES string of the molecule is O=C(O)[C@@H]1COCCN1C(=O)/C=C\c1ccccc1F. The lowest BCUT2D eigenvalue weighted by atomic mass is 10.2. The van der Waals surface area contributed by atoms with Gasteiger partial charge in [-0.3, -0.25) is 4.79 Å². The predicted molar refractivity (Wildman–Crippen MR) is 69.4 cm³/mol. The fourth-order valence-corrected chi connectivity index (χ4v) is 1.94. The smallest absolute Gasteiger partial charge is 0.328 e. The van der Waals surface area contributed by atoms with Crippen LogP contribution in [0.1, 0.15) is 5.56 Å². The van der Waals surface area contributed by atoms with Crippen molar-refractivity contribution in [3.05, 3.63) is 41.7 Å². The van der Waals surface area contributed by atoms with E-state index in [2.05, 4.69) is 0 Å². The van der Waals surface area contributed by atoms with E-state index in [9.17, 15) is 14.0 Å². The Bertz CT molecular complexity index is 544. The highest BCUT2D eigenvalue weighted by molar-refractivity contribution is 5.94. The number of aliphatic carboxylic acids is 1.